The molecule has 0 spiro atoms. The minimum atomic E-state index is -1.05. The zero-order chi connectivity index (χ0) is 10.2. The van der Waals surface area contributed by atoms with Crippen LogP contribution in [0.1, 0.15) is 23.1 Å². The molecule has 72 valence electrons. The molecule has 0 aliphatic rings. The minimum absolute atomic E-state index is 0.0617. The van der Waals surface area contributed by atoms with Gasteiger partial charge in [0.25, 0.3) is 0 Å². The Morgan fingerprint density at radius 1 is 1.46 bits per heavy atom. The summed E-state index contributed by atoms with van der Waals surface area (Å²) in [4.78, 5) is 10.8. The fourth-order valence-electron chi connectivity index (χ4n) is 1.27. The molecule has 0 aliphatic carbocycles. The molecule has 0 fully saturated rings. The molecule has 0 saturated heterocycles. The molecule has 1 rings (SSSR count). The highest BCUT2D eigenvalue weighted by atomic mass is 35.5. The van der Waals surface area contributed by atoms with Crippen molar-refractivity contribution in [2.24, 2.45) is 0 Å². The standard InChI is InChI=1S/C8H9Cl2NO2/c1-3-11-4(2)5(9)6(10)7(11)8(12)13/h3H2,1-2H3,(H,12,13). The highest BCUT2D eigenvalue weighted by Gasteiger charge is 2.21. The highest BCUT2D eigenvalue weighted by molar-refractivity contribution is 6.44. The van der Waals surface area contributed by atoms with Gasteiger partial charge in [-0.3, -0.25) is 0 Å². The van der Waals surface area contributed by atoms with Gasteiger partial charge in [0.1, 0.15) is 5.69 Å². The van der Waals surface area contributed by atoms with Crippen molar-refractivity contribution in [3.63, 3.8) is 0 Å². The van der Waals surface area contributed by atoms with Gasteiger partial charge >= 0.3 is 5.97 Å². The molecule has 1 aromatic heterocycles. The van der Waals surface area contributed by atoms with Crippen LogP contribution >= 0.6 is 23.2 Å². The Hall–Kier alpha value is -0.670. The van der Waals surface area contributed by atoms with Gasteiger partial charge < -0.3 is 9.67 Å². The van der Waals surface area contributed by atoms with E-state index in [1.54, 1.807) is 11.5 Å². The summed E-state index contributed by atoms with van der Waals surface area (Å²) in [5.41, 5.74) is 0.748. The number of hydrogen-bond acceptors (Lipinski definition) is 1. The average Bonchev–Trinajstić information content (AvgIpc) is 2.29. The molecule has 0 saturated carbocycles. The zero-order valence-electron chi connectivity index (χ0n) is 7.27. The molecule has 0 radical (unpaired) electrons. The van der Waals surface area contributed by atoms with E-state index < -0.39 is 5.97 Å². The fraction of sp³-hybridized carbons (Fsp3) is 0.375. The van der Waals surface area contributed by atoms with Gasteiger partial charge in [0, 0.05) is 12.2 Å². The number of carbonyl (C=O) groups is 1. The number of nitrogens with zero attached hydrogens (tertiary/aromatic N) is 1. The molecule has 0 atom stereocenters. The first-order valence-electron chi connectivity index (χ1n) is 3.78. The molecule has 0 bridgehead atoms. The van der Waals surface area contributed by atoms with E-state index in [-0.39, 0.29) is 10.7 Å². The third kappa shape index (κ3) is 1.54. The van der Waals surface area contributed by atoms with Crippen molar-refractivity contribution in [2.45, 2.75) is 20.4 Å². The summed E-state index contributed by atoms with van der Waals surface area (Å²) >= 11 is 11.6. The van der Waals surface area contributed by atoms with E-state index in [1.807, 2.05) is 6.92 Å². The summed E-state index contributed by atoms with van der Waals surface area (Å²) in [6.07, 6.45) is 0. The fourth-order valence-corrected chi connectivity index (χ4v) is 1.78. The predicted molar refractivity (Wildman–Crippen MR) is 51.8 cm³/mol. The SMILES string of the molecule is CCn1c(C)c(Cl)c(Cl)c1C(=O)O. The second-order valence-electron chi connectivity index (χ2n) is 2.61. The molecule has 13 heavy (non-hydrogen) atoms. The van der Waals surface area contributed by atoms with Crippen molar-refractivity contribution >= 4 is 29.2 Å². The van der Waals surface area contributed by atoms with Crippen LogP contribution in [0, 0.1) is 6.92 Å². The third-order valence-corrected chi connectivity index (χ3v) is 2.84. The van der Waals surface area contributed by atoms with E-state index in [4.69, 9.17) is 28.3 Å². The van der Waals surface area contributed by atoms with Gasteiger partial charge in [-0.1, -0.05) is 23.2 Å². The highest BCUT2D eigenvalue weighted by Crippen LogP contribution is 2.31. The summed E-state index contributed by atoms with van der Waals surface area (Å²) in [5, 5.41) is 9.29. The van der Waals surface area contributed by atoms with E-state index in [9.17, 15) is 4.79 Å². The number of halogens is 2. The lowest BCUT2D eigenvalue weighted by Gasteiger charge is -2.04. The Kier molecular flexibility index (Phi) is 2.88. The third-order valence-electron chi connectivity index (χ3n) is 1.91. The minimum Gasteiger partial charge on any atom is -0.477 e. The average molecular weight is 222 g/mol. The quantitative estimate of drug-likeness (QED) is 0.835. The van der Waals surface area contributed by atoms with Crippen LogP contribution < -0.4 is 0 Å². The van der Waals surface area contributed by atoms with Crippen molar-refractivity contribution in [1.82, 2.24) is 4.57 Å². The van der Waals surface area contributed by atoms with Gasteiger partial charge in [0.2, 0.25) is 0 Å². The van der Waals surface area contributed by atoms with Crippen LogP contribution in [0.5, 0.6) is 0 Å². The summed E-state index contributed by atoms with van der Waals surface area (Å²) in [6.45, 7) is 4.12. The van der Waals surface area contributed by atoms with Gasteiger partial charge in [-0.2, -0.15) is 0 Å². The molecule has 5 heteroatoms. The maximum Gasteiger partial charge on any atom is 0.354 e. The Bertz CT molecular complexity index is 358. The van der Waals surface area contributed by atoms with Gasteiger partial charge in [-0.15, -0.1) is 0 Å². The van der Waals surface area contributed by atoms with Crippen molar-refractivity contribution < 1.29 is 9.90 Å². The smallest absolute Gasteiger partial charge is 0.354 e. The Morgan fingerprint density at radius 3 is 2.31 bits per heavy atom. The molecular formula is C8H9Cl2NO2. The molecule has 0 amide bonds. The van der Waals surface area contributed by atoms with Crippen LogP contribution in [0.2, 0.25) is 10.0 Å². The Morgan fingerprint density at radius 2 is 2.00 bits per heavy atom. The van der Waals surface area contributed by atoms with Gasteiger partial charge in [0.15, 0.2) is 0 Å². The van der Waals surface area contributed by atoms with Crippen LogP contribution in [-0.2, 0) is 6.54 Å². The zero-order valence-corrected chi connectivity index (χ0v) is 8.78. The van der Waals surface area contributed by atoms with Crippen LogP contribution in [0.15, 0.2) is 0 Å². The topological polar surface area (TPSA) is 42.2 Å². The van der Waals surface area contributed by atoms with E-state index in [0.29, 0.717) is 17.3 Å². The van der Waals surface area contributed by atoms with Crippen LogP contribution in [0.3, 0.4) is 0 Å². The first-order valence-corrected chi connectivity index (χ1v) is 4.53. The van der Waals surface area contributed by atoms with Crippen molar-refractivity contribution in [3.05, 3.63) is 21.4 Å². The summed E-state index contributed by atoms with van der Waals surface area (Å²) < 4.78 is 1.58. The molecule has 1 aromatic rings. The lowest BCUT2D eigenvalue weighted by Crippen LogP contribution is -2.08. The molecule has 1 N–H and O–H groups in total. The summed E-state index contributed by atoms with van der Waals surface area (Å²) in [6, 6.07) is 0. The van der Waals surface area contributed by atoms with Crippen molar-refractivity contribution in [3.8, 4) is 0 Å². The Balaban J connectivity index is 3.48. The number of hydrogen-bond donors (Lipinski definition) is 1. The number of carboxylic acids is 1. The van der Waals surface area contributed by atoms with E-state index in [1.165, 1.54) is 0 Å². The first kappa shape index (κ1) is 10.4. The largest absolute Gasteiger partial charge is 0.477 e. The van der Waals surface area contributed by atoms with Crippen LogP contribution in [-0.4, -0.2) is 15.6 Å². The number of aromatic carboxylic acids is 1. The second-order valence-corrected chi connectivity index (χ2v) is 3.37. The number of rotatable bonds is 2. The van der Waals surface area contributed by atoms with Crippen molar-refractivity contribution in [2.75, 3.05) is 0 Å². The molecule has 1 heterocycles. The van der Waals surface area contributed by atoms with E-state index in [0.717, 1.165) is 0 Å². The van der Waals surface area contributed by atoms with Crippen molar-refractivity contribution in [1.29, 1.82) is 0 Å². The predicted octanol–water partition coefficient (Wildman–Crippen LogP) is 2.82. The monoisotopic (exact) mass is 221 g/mol. The molecule has 0 unspecified atom stereocenters. The number of carboxylic acid groups (broad SMARTS) is 1. The Labute approximate surface area is 85.9 Å². The maximum absolute atomic E-state index is 10.8. The normalized spacial score (nSPS) is 10.5. The van der Waals surface area contributed by atoms with Gasteiger partial charge in [0.05, 0.1) is 10.0 Å². The maximum atomic E-state index is 10.8. The van der Waals surface area contributed by atoms with E-state index >= 15 is 0 Å². The van der Waals surface area contributed by atoms with Gasteiger partial charge in [-0.05, 0) is 13.8 Å². The molecule has 3 nitrogen and oxygen atoms in total. The van der Waals surface area contributed by atoms with Gasteiger partial charge in [-0.25, -0.2) is 4.79 Å². The van der Waals surface area contributed by atoms with Crippen LogP contribution in [0.4, 0.5) is 0 Å². The molecule has 0 aliphatic heterocycles. The van der Waals surface area contributed by atoms with Crippen LogP contribution in [0.25, 0.3) is 0 Å². The van der Waals surface area contributed by atoms with E-state index in [2.05, 4.69) is 0 Å². The first-order chi connectivity index (χ1) is 6.00. The summed E-state index contributed by atoms with van der Waals surface area (Å²) in [7, 11) is 0. The molecule has 0 aromatic carbocycles. The second kappa shape index (κ2) is 3.60. The lowest BCUT2D eigenvalue weighted by molar-refractivity contribution is 0.0685. The molecular weight excluding hydrogens is 213 g/mol. The summed E-state index contributed by atoms with van der Waals surface area (Å²) in [5.74, 6) is -1.05. The number of aromatic nitrogens is 1. The lowest BCUT2D eigenvalue weighted by atomic mass is 10.4.